The third-order valence-electron chi connectivity index (χ3n) is 2.24. The monoisotopic (exact) mass is 308 g/mol. The van der Waals surface area contributed by atoms with Gasteiger partial charge in [0.2, 0.25) is 10.0 Å². The number of hydrogen-bond acceptors (Lipinski definition) is 4. The summed E-state index contributed by atoms with van der Waals surface area (Å²) in [6.45, 7) is 3.74. The Hall–Kier alpha value is -0.820. The number of halogens is 1. The molecule has 19 heavy (non-hydrogen) atoms. The van der Waals surface area contributed by atoms with Crippen molar-refractivity contribution in [2.45, 2.75) is 25.1 Å². The van der Waals surface area contributed by atoms with Crippen molar-refractivity contribution in [3.63, 3.8) is 0 Å². The molecule has 1 aromatic carbocycles. The van der Waals surface area contributed by atoms with Crippen LogP contribution in [0.15, 0.2) is 24.3 Å². The molecule has 110 valence electrons. The maximum atomic E-state index is 11.8. The normalized spacial score (nSPS) is 11.8. The first-order valence-corrected chi connectivity index (χ1v) is 7.26. The van der Waals surface area contributed by atoms with Gasteiger partial charge in [-0.1, -0.05) is 12.1 Å². The average Bonchev–Trinajstić information content (AvgIpc) is 2.25. The number of ether oxygens (including phenoxy) is 1. The van der Waals surface area contributed by atoms with Crippen LogP contribution in [0.3, 0.4) is 0 Å². The minimum absolute atomic E-state index is 0. The molecule has 0 bridgehead atoms. The fraction of sp³-hybridized carbons (Fsp3) is 0.500. The highest BCUT2D eigenvalue weighted by atomic mass is 35.5. The summed E-state index contributed by atoms with van der Waals surface area (Å²) in [5, 5.41) is 0. The third-order valence-corrected chi connectivity index (χ3v) is 3.54. The van der Waals surface area contributed by atoms with E-state index in [1.54, 1.807) is 45.2 Å². The van der Waals surface area contributed by atoms with Crippen LogP contribution in [0.1, 0.15) is 19.4 Å². The minimum atomic E-state index is -3.38. The van der Waals surface area contributed by atoms with Crippen molar-refractivity contribution in [2.75, 3.05) is 13.7 Å². The third kappa shape index (κ3) is 7.37. The van der Waals surface area contributed by atoms with Gasteiger partial charge in [-0.05, 0) is 31.5 Å². The van der Waals surface area contributed by atoms with Gasteiger partial charge in [0.05, 0.1) is 12.9 Å². The van der Waals surface area contributed by atoms with Gasteiger partial charge in [0.25, 0.3) is 0 Å². The number of nitrogens with two attached hydrogens (primary N) is 1. The quantitative estimate of drug-likeness (QED) is 0.829. The maximum Gasteiger partial charge on any atom is 0.215 e. The molecule has 7 heteroatoms. The SMILES string of the molecule is COc1cccc(CS(=O)(=O)NCC(C)(C)N)c1.Cl. The zero-order valence-electron chi connectivity index (χ0n) is 11.3. The van der Waals surface area contributed by atoms with Gasteiger partial charge in [0, 0.05) is 12.1 Å². The minimum Gasteiger partial charge on any atom is -0.497 e. The van der Waals surface area contributed by atoms with E-state index in [1.165, 1.54) is 0 Å². The van der Waals surface area contributed by atoms with Crippen LogP contribution < -0.4 is 15.2 Å². The molecular formula is C12H21ClN2O3S. The van der Waals surface area contributed by atoms with E-state index in [1.807, 2.05) is 0 Å². The van der Waals surface area contributed by atoms with Gasteiger partial charge in [-0.3, -0.25) is 0 Å². The summed E-state index contributed by atoms with van der Waals surface area (Å²) in [4.78, 5) is 0. The van der Waals surface area contributed by atoms with E-state index >= 15 is 0 Å². The van der Waals surface area contributed by atoms with E-state index < -0.39 is 15.6 Å². The molecule has 0 heterocycles. The Balaban J connectivity index is 0.00000324. The molecule has 0 unspecified atom stereocenters. The second-order valence-electron chi connectivity index (χ2n) is 4.92. The topological polar surface area (TPSA) is 81.4 Å². The Morgan fingerprint density at radius 1 is 1.37 bits per heavy atom. The van der Waals surface area contributed by atoms with E-state index in [9.17, 15) is 8.42 Å². The molecule has 3 N–H and O–H groups in total. The van der Waals surface area contributed by atoms with Crippen molar-refractivity contribution in [1.29, 1.82) is 0 Å². The molecule has 0 aliphatic carbocycles. The molecule has 0 radical (unpaired) electrons. The van der Waals surface area contributed by atoms with Crippen molar-refractivity contribution >= 4 is 22.4 Å². The Bertz CT molecular complexity index is 498. The van der Waals surface area contributed by atoms with Crippen LogP contribution in [-0.2, 0) is 15.8 Å². The lowest BCUT2D eigenvalue weighted by Crippen LogP contribution is -2.45. The number of benzene rings is 1. The lowest BCUT2D eigenvalue weighted by Gasteiger charge is -2.19. The molecule has 0 aliphatic heterocycles. The number of methoxy groups -OCH3 is 1. The molecular weight excluding hydrogens is 288 g/mol. The summed E-state index contributed by atoms with van der Waals surface area (Å²) in [6.07, 6.45) is 0. The van der Waals surface area contributed by atoms with E-state index in [0.717, 1.165) is 0 Å². The first-order valence-electron chi connectivity index (χ1n) is 5.61. The molecule has 1 rings (SSSR count). The fourth-order valence-corrected chi connectivity index (χ4v) is 2.64. The van der Waals surface area contributed by atoms with Crippen LogP contribution in [0.4, 0.5) is 0 Å². The largest absolute Gasteiger partial charge is 0.497 e. The van der Waals surface area contributed by atoms with E-state index in [0.29, 0.717) is 11.3 Å². The summed E-state index contributed by atoms with van der Waals surface area (Å²) in [5.74, 6) is 0.558. The van der Waals surface area contributed by atoms with Crippen LogP contribution in [0.25, 0.3) is 0 Å². The molecule has 0 fully saturated rings. The lowest BCUT2D eigenvalue weighted by atomic mass is 10.1. The molecule has 0 saturated carbocycles. The van der Waals surface area contributed by atoms with Crippen molar-refractivity contribution in [3.05, 3.63) is 29.8 Å². The van der Waals surface area contributed by atoms with Crippen molar-refractivity contribution < 1.29 is 13.2 Å². The Morgan fingerprint density at radius 3 is 2.53 bits per heavy atom. The highest BCUT2D eigenvalue weighted by molar-refractivity contribution is 7.88. The van der Waals surface area contributed by atoms with Gasteiger partial charge >= 0.3 is 0 Å². The molecule has 0 amide bonds. The van der Waals surface area contributed by atoms with Crippen LogP contribution >= 0.6 is 12.4 Å². The molecule has 0 aromatic heterocycles. The highest BCUT2D eigenvalue weighted by Gasteiger charge is 2.17. The number of nitrogens with one attached hydrogen (secondary N) is 1. The summed E-state index contributed by atoms with van der Waals surface area (Å²) < 4.78 is 31.2. The van der Waals surface area contributed by atoms with Gasteiger partial charge in [0.15, 0.2) is 0 Å². The van der Waals surface area contributed by atoms with Gasteiger partial charge in [0.1, 0.15) is 5.75 Å². The smallest absolute Gasteiger partial charge is 0.215 e. The van der Waals surface area contributed by atoms with E-state index in [2.05, 4.69) is 4.72 Å². The van der Waals surface area contributed by atoms with E-state index in [-0.39, 0.29) is 24.7 Å². The van der Waals surface area contributed by atoms with Gasteiger partial charge < -0.3 is 10.5 Å². The molecule has 5 nitrogen and oxygen atoms in total. The maximum absolute atomic E-state index is 11.8. The van der Waals surface area contributed by atoms with Crippen molar-refractivity contribution in [3.8, 4) is 5.75 Å². The standard InChI is InChI=1S/C12H20N2O3S.ClH/c1-12(2,13)9-14-18(15,16)8-10-5-4-6-11(7-10)17-3;/h4-7,14H,8-9,13H2,1-3H3;1H. The second-order valence-corrected chi connectivity index (χ2v) is 6.73. The molecule has 0 saturated heterocycles. The molecule has 1 aromatic rings. The van der Waals surface area contributed by atoms with Crippen LogP contribution in [0.2, 0.25) is 0 Å². The van der Waals surface area contributed by atoms with Crippen LogP contribution in [0, 0.1) is 0 Å². The van der Waals surface area contributed by atoms with E-state index in [4.69, 9.17) is 10.5 Å². The van der Waals surface area contributed by atoms with Crippen molar-refractivity contribution in [2.24, 2.45) is 5.73 Å². The zero-order chi connectivity index (χ0) is 13.8. The second kappa shape index (κ2) is 7.09. The summed E-state index contributed by atoms with van der Waals surface area (Å²) in [7, 11) is -1.83. The Morgan fingerprint density at radius 2 is 2.00 bits per heavy atom. The lowest BCUT2D eigenvalue weighted by molar-refractivity contribution is 0.414. The van der Waals surface area contributed by atoms with Gasteiger partial charge in [-0.2, -0.15) is 0 Å². The predicted octanol–water partition coefficient (Wildman–Crippen LogP) is 1.27. The van der Waals surface area contributed by atoms with Crippen LogP contribution in [0.5, 0.6) is 5.75 Å². The molecule has 0 spiro atoms. The Kier molecular flexibility index (Phi) is 6.79. The first-order chi connectivity index (χ1) is 8.22. The predicted molar refractivity (Wildman–Crippen MR) is 79.1 cm³/mol. The van der Waals surface area contributed by atoms with Crippen molar-refractivity contribution in [1.82, 2.24) is 4.72 Å². The summed E-state index contributed by atoms with van der Waals surface area (Å²) >= 11 is 0. The average molecular weight is 309 g/mol. The molecule has 0 aliphatic rings. The van der Waals surface area contributed by atoms with Gasteiger partial charge in [-0.15, -0.1) is 12.4 Å². The first kappa shape index (κ1) is 18.2. The summed E-state index contributed by atoms with van der Waals surface area (Å²) in [6, 6.07) is 6.98. The number of sulfonamides is 1. The molecule has 0 atom stereocenters. The zero-order valence-corrected chi connectivity index (χ0v) is 13.0. The summed E-state index contributed by atoms with van der Waals surface area (Å²) in [5.41, 5.74) is 5.84. The van der Waals surface area contributed by atoms with Gasteiger partial charge in [-0.25, -0.2) is 13.1 Å². The highest BCUT2D eigenvalue weighted by Crippen LogP contribution is 2.14. The van der Waals surface area contributed by atoms with Crippen LogP contribution in [-0.4, -0.2) is 27.6 Å². The fourth-order valence-electron chi connectivity index (χ4n) is 1.33. The number of hydrogen-bond donors (Lipinski definition) is 2. The number of rotatable bonds is 6. The Labute approximate surface area is 121 Å².